The molecule has 0 spiro atoms. The maximum absolute atomic E-state index is 11.8. The van der Waals surface area contributed by atoms with E-state index in [1.54, 1.807) is 0 Å². The minimum Gasteiger partial charge on any atom is -0.480 e. The molecule has 10 heteroatoms. The summed E-state index contributed by atoms with van der Waals surface area (Å²) in [4.78, 5) is 34.5. The van der Waals surface area contributed by atoms with Crippen LogP contribution in [0.25, 0.3) is 0 Å². The number of aliphatic hydroxyl groups excluding tert-OH is 2. The lowest BCUT2D eigenvalue weighted by molar-refractivity contribution is -0.146. The second-order valence-corrected chi connectivity index (χ2v) is 10.1. The van der Waals surface area contributed by atoms with Crippen LogP contribution in [0.1, 0.15) is 96.8 Å². The van der Waals surface area contributed by atoms with Gasteiger partial charge in [-0.1, -0.05) is 84.0 Å². The molecule has 0 aliphatic carbocycles. The standard InChI is InChI=1S/C25H48N2O7S/c1-2-3-4-5-6-7-8-9-10-11-12-13-14-15-23(30)34-17-20(29)18-35-19-21(26)24(31)27-22(16-28)25(32)33/h20-22,28-29H,2-19,26H2,1H3,(H,27,31)(H,32,33)/t20-,21+,22+/m1/s1. The number of carboxylic acid groups (broad SMARTS) is 1. The van der Waals surface area contributed by atoms with Crippen LogP contribution < -0.4 is 11.1 Å². The van der Waals surface area contributed by atoms with Crippen LogP contribution in [-0.2, 0) is 19.1 Å². The lowest BCUT2D eigenvalue weighted by Crippen LogP contribution is -2.50. The van der Waals surface area contributed by atoms with E-state index >= 15 is 0 Å². The molecule has 0 saturated carbocycles. The van der Waals surface area contributed by atoms with E-state index in [1.807, 2.05) is 0 Å². The molecule has 0 aromatic rings. The summed E-state index contributed by atoms with van der Waals surface area (Å²) >= 11 is 1.19. The second-order valence-electron chi connectivity index (χ2n) is 9.06. The topological polar surface area (TPSA) is 159 Å². The second kappa shape index (κ2) is 23.1. The number of carboxylic acids is 1. The molecule has 206 valence electrons. The summed E-state index contributed by atoms with van der Waals surface area (Å²) in [6.07, 6.45) is 15.6. The lowest BCUT2D eigenvalue weighted by atomic mass is 10.0. The van der Waals surface area contributed by atoms with Gasteiger partial charge >= 0.3 is 11.9 Å². The number of nitrogens with one attached hydrogen (secondary N) is 1. The zero-order chi connectivity index (χ0) is 26.3. The van der Waals surface area contributed by atoms with Gasteiger partial charge in [-0.15, -0.1) is 0 Å². The van der Waals surface area contributed by atoms with Gasteiger partial charge in [-0.25, -0.2) is 4.79 Å². The highest BCUT2D eigenvalue weighted by atomic mass is 32.2. The van der Waals surface area contributed by atoms with E-state index < -0.39 is 36.7 Å². The lowest BCUT2D eigenvalue weighted by Gasteiger charge is -2.16. The molecule has 0 rings (SSSR count). The fraction of sp³-hybridized carbons (Fsp3) is 0.880. The van der Waals surface area contributed by atoms with E-state index in [4.69, 9.17) is 20.7 Å². The van der Waals surface area contributed by atoms with Crippen molar-refractivity contribution in [3.8, 4) is 0 Å². The third-order valence-corrected chi connectivity index (χ3v) is 6.88. The maximum atomic E-state index is 11.8. The van der Waals surface area contributed by atoms with Crippen LogP contribution in [-0.4, -0.2) is 76.1 Å². The first-order valence-electron chi connectivity index (χ1n) is 13.1. The van der Waals surface area contributed by atoms with Gasteiger partial charge in [0.15, 0.2) is 0 Å². The Hall–Kier alpha value is -1.36. The number of esters is 1. The molecule has 0 aliphatic heterocycles. The van der Waals surface area contributed by atoms with Crippen molar-refractivity contribution in [1.29, 1.82) is 0 Å². The predicted octanol–water partition coefficient (Wildman–Crippen LogP) is 2.99. The summed E-state index contributed by atoms with van der Waals surface area (Å²) in [5.74, 6) is -2.01. The zero-order valence-electron chi connectivity index (χ0n) is 21.4. The van der Waals surface area contributed by atoms with Gasteiger partial charge in [-0.3, -0.25) is 9.59 Å². The fourth-order valence-corrected chi connectivity index (χ4v) is 4.38. The number of ether oxygens (including phenoxy) is 1. The monoisotopic (exact) mass is 520 g/mol. The Kier molecular flexibility index (Phi) is 22.2. The maximum Gasteiger partial charge on any atom is 0.328 e. The Morgan fingerprint density at radius 1 is 0.886 bits per heavy atom. The number of hydrogen-bond donors (Lipinski definition) is 5. The number of aliphatic carboxylic acids is 1. The third kappa shape index (κ3) is 20.5. The van der Waals surface area contributed by atoms with E-state index in [1.165, 1.54) is 76.0 Å². The summed E-state index contributed by atoms with van der Waals surface area (Å²) in [7, 11) is 0. The number of unbranched alkanes of at least 4 members (excludes halogenated alkanes) is 12. The SMILES string of the molecule is CCCCCCCCCCCCCCCC(=O)OC[C@@H](O)CSC[C@H](N)C(=O)N[C@@H](CO)C(=O)O. The van der Waals surface area contributed by atoms with Crippen LogP contribution in [0.2, 0.25) is 0 Å². The molecule has 0 unspecified atom stereocenters. The first kappa shape index (κ1) is 33.6. The van der Waals surface area contributed by atoms with Crippen LogP contribution in [0, 0.1) is 0 Å². The van der Waals surface area contributed by atoms with Crippen molar-refractivity contribution in [2.24, 2.45) is 5.73 Å². The molecule has 0 bridgehead atoms. The van der Waals surface area contributed by atoms with Gasteiger partial charge in [0.1, 0.15) is 12.6 Å². The molecule has 0 heterocycles. The highest BCUT2D eigenvalue weighted by Crippen LogP contribution is 2.13. The Labute approximate surface area is 214 Å². The molecule has 0 radical (unpaired) electrons. The summed E-state index contributed by atoms with van der Waals surface area (Å²) in [6.45, 7) is 1.39. The summed E-state index contributed by atoms with van der Waals surface area (Å²) < 4.78 is 5.10. The molecule has 9 nitrogen and oxygen atoms in total. The van der Waals surface area contributed by atoms with Gasteiger partial charge < -0.3 is 31.1 Å². The number of rotatable bonds is 24. The van der Waals surface area contributed by atoms with Crippen molar-refractivity contribution < 1.29 is 34.4 Å². The zero-order valence-corrected chi connectivity index (χ0v) is 22.2. The van der Waals surface area contributed by atoms with Crippen LogP contribution >= 0.6 is 11.8 Å². The highest BCUT2D eigenvalue weighted by Gasteiger charge is 2.22. The van der Waals surface area contributed by atoms with Gasteiger partial charge in [0.05, 0.1) is 18.8 Å². The number of thioether (sulfide) groups is 1. The largest absolute Gasteiger partial charge is 0.480 e. The molecule has 0 aromatic carbocycles. The molecule has 0 fully saturated rings. The van der Waals surface area contributed by atoms with E-state index in [2.05, 4.69) is 12.2 Å². The molecular formula is C25H48N2O7S. The van der Waals surface area contributed by atoms with E-state index in [9.17, 15) is 19.5 Å². The van der Waals surface area contributed by atoms with E-state index in [-0.39, 0.29) is 24.1 Å². The smallest absolute Gasteiger partial charge is 0.328 e. The first-order chi connectivity index (χ1) is 16.8. The van der Waals surface area contributed by atoms with Gasteiger partial charge in [0.2, 0.25) is 5.91 Å². The third-order valence-electron chi connectivity index (χ3n) is 5.66. The molecule has 0 aromatic heterocycles. The van der Waals surface area contributed by atoms with Gasteiger partial charge in [0, 0.05) is 17.9 Å². The van der Waals surface area contributed by atoms with Crippen molar-refractivity contribution in [3.05, 3.63) is 0 Å². The van der Waals surface area contributed by atoms with Crippen LogP contribution in [0.4, 0.5) is 0 Å². The first-order valence-corrected chi connectivity index (χ1v) is 14.3. The molecule has 1 amide bonds. The number of aliphatic hydroxyl groups is 2. The van der Waals surface area contributed by atoms with Gasteiger partial charge in [-0.2, -0.15) is 11.8 Å². The Morgan fingerprint density at radius 2 is 1.40 bits per heavy atom. The Bertz CT molecular complexity index is 566. The van der Waals surface area contributed by atoms with Crippen molar-refractivity contribution in [2.75, 3.05) is 24.7 Å². The highest BCUT2D eigenvalue weighted by molar-refractivity contribution is 7.99. The average molecular weight is 521 g/mol. The van der Waals surface area contributed by atoms with Crippen LogP contribution in [0.15, 0.2) is 0 Å². The average Bonchev–Trinajstić information content (AvgIpc) is 2.83. The number of nitrogens with two attached hydrogens (primary N) is 1. The normalized spacial score (nSPS) is 13.7. The minimum absolute atomic E-state index is 0.114. The predicted molar refractivity (Wildman–Crippen MR) is 139 cm³/mol. The van der Waals surface area contributed by atoms with Gasteiger partial charge in [-0.05, 0) is 6.42 Å². The summed E-state index contributed by atoms with van der Waals surface area (Å²) in [5.41, 5.74) is 5.69. The van der Waals surface area contributed by atoms with Crippen LogP contribution in [0.5, 0.6) is 0 Å². The van der Waals surface area contributed by atoms with Crippen molar-refractivity contribution in [3.63, 3.8) is 0 Å². The quantitative estimate of drug-likeness (QED) is 0.0952. The Morgan fingerprint density at radius 3 is 1.89 bits per heavy atom. The van der Waals surface area contributed by atoms with Crippen molar-refractivity contribution in [1.82, 2.24) is 5.32 Å². The van der Waals surface area contributed by atoms with Crippen molar-refractivity contribution >= 4 is 29.6 Å². The molecule has 6 N–H and O–H groups in total. The number of hydrogen-bond acceptors (Lipinski definition) is 8. The van der Waals surface area contributed by atoms with E-state index in [0.29, 0.717) is 6.42 Å². The molecule has 0 saturated heterocycles. The molecular weight excluding hydrogens is 472 g/mol. The minimum atomic E-state index is -1.40. The van der Waals surface area contributed by atoms with E-state index in [0.717, 1.165) is 19.3 Å². The number of carbonyl (C=O) groups is 3. The number of carbonyl (C=O) groups excluding carboxylic acids is 2. The van der Waals surface area contributed by atoms with Crippen LogP contribution in [0.3, 0.4) is 0 Å². The molecule has 0 aliphatic rings. The molecule has 3 atom stereocenters. The Balaban J connectivity index is 3.62. The number of amides is 1. The van der Waals surface area contributed by atoms with Gasteiger partial charge in [0.25, 0.3) is 0 Å². The summed E-state index contributed by atoms with van der Waals surface area (Å²) in [6, 6.07) is -2.39. The summed E-state index contributed by atoms with van der Waals surface area (Å²) in [5, 5.41) is 29.8. The van der Waals surface area contributed by atoms with Crippen molar-refractivity contribution in [2.45, 2.75) is 115 Å². The fourth-order valence-electron chi connectivity index (χ4n) is 3.47. The molecule has 35 heavy (non-hydrogen) atoms.